The Bertz CT molecular complexity index is 577. The molecule has 0 saturated heterocycles. The van der Waals surface area contributed by atoms with Gasteiger partial charge in [0.15, 0.2) is 0 Å². The van der Waals surface area contributed by atoms with Crippen molar-refractivity contribution in [3.05, 3.63) is 40.9 Å². The van der Waals surface area contributed by atoms with Crippen LogP contribution >= 0.6 is 11.6 Å². The molecule has 0 fully saturated rings. The molecule has 1 aromatic carbocycles. The van der Waals surface area contributed by atoms with Crippen LogP contribution in [0.15, 0.2) is 24.5 Å². The molecule has 1 N–H and O–H groups in total. The van der Waals surface area contributed by atoms with E-state index < -0.39 is 5.82 Å². The summed E-state index contributed by atoms with van der Waals surface area (Å²) in [7, 11) is 1.54. The zero-order valence-corrected chi connectivity index (χ0v) is 10.6. The van der Waals surface area contributed by atoms with Crippen molar-refractivity contribution in [2.75, 3.05) is 12.4 Å². The second-order valence-electron chi connectivity index (χ2n) is 3.61. The van der Waals surface area contributed by atoms with Gasteiger partial charge in [0.2, 0.25) is 5.88 Å². The minimum atomic E-state index is -0.459. The molecule has 6 heteroatoms. The van der Waals surface area contributed by atoms with Gasteiger partial charge in [-0.2, -0.15) is 0 Å². The van der Waals surface area contributed by atoms with E-state index in [1.807, 2.05) is 6.92 Å². The molecule has 18 heavy (non-hydrogen) atoms. The van der Waals surface area contributed by atoms with E-state index in [1.54, 1.807) is 6.07 Å². The van der Waals surface area contributed by atoms with Crippen molar-refractivity contribution >= 4 is 23.1 Å². The molecule has 0 aliphatic heterocycles. The monoisotopic (exact) mass is 267 g/mol. The zero-order valence-electron chi connectivity index (χ0n) is 9.87. The van der Waals surface area contributed by atoms with Crippen LogP contribution in [0.2, 0.25) is 5.02 Å². The molecule has 0 aliphatic rings. The van der Waals surface area contributed by atoms with Gasteiger partial charge in [0.25, 0.3) is 0 Å². The third-order valence-corrected chi connectivity index (χ3v) is 2.70. The molecule has 1 aromatic heterocycles. The third kappa shape index (κ3) is 2.51. The Morgan fingerprint density at radius 2 is 2.11 bits per heavy atom. The van der Waals surface area contributed by atoms with Gasteiger partial charge >= 0.3 is 0 Å². The SMILES string of the molecule is COc1ncnc(Nc2ccc(F)c(Cl)c2)c1C. The maximum absolute atomic E-state index is 13.0. The first kappa shape index (κ1) is 12.6. The number of benzene rings is 1. The third-order valence-electron chi connectivity index (χ3n) is 2.41. The van der Waals surface area contributed by atoms with Crippen molar-refractivity contribution in [2.45, 2.75) is 6.92 Å². The lowest BCUT2D eigenvalue weighted by atomic mass is 10.3. The maximum atomic E-state index is 13.0. The van der Waals surface area contributed by atoms with Crippen molar-refractivity contribution < 1.29 is 9.13 Å². The lowest BCUT2D eigenvalue weighted by Gasteiger charge is -2.10. The summed E-state index contributed by atoms with van der Waals surface area (Å²) in [5.74, 6) is 0.615. The molecule has 0 spiro atoms. The molecular weight excluding hydrogens is 257 g/mol. The predicted octanol–water partition coefficient (Wildman–Crippen LogP) is 3.33. The summed E-state index contributed by atoms with van der Waals surface area (Å²) in [5.41, 5.74) is 1.41. The minimum Gasteiger partial charge on any atom is -0.481 e. The van der Waals surface area contributed by atoms with Crippen LogP contribution in [0.4, 0.5) is 15.9 Å². The molecule has 0 saturated carbocycles. The Kier molecular flexibility index (Phi) is 3.62. The van der Waals surface area contributed by atoms with E-state index in [2.05, 4.69) is 15.3 Å². The number of aromatic nitrogens is 2. The lowest BCUT2D eigenvalue weighted by molar-refractivity contribution is 0.394. The standard InChI is InChI=1S/C12H11ClFN3O/c1-7-11(15-6-16-12(7)18-2)17-8-3-4-10(14)9(13)5-8/h3-6H,1-2H3,(H,15,16,17). The maximum Gasteiger partial charge on any atom is 0.221 e. The molecule has 1 heterocycles. The first-order valence-electron chi connectivity index (χ1n) is 5.19. The van der Waals surface area contributed by atoms with Gasteiger partial charge in [0.05, 0.1) is 17.7 Å². The van der Waals surface area contributed by atoms with Gasteiger partial charge < -0.3 is 10.1 Å². The van der Waals surface area contributed by atoms with Gasteiger partial charge in [-0.15, -0.1) is 0 Å². The molecule has 2 rings (SSSR count). The van der Waals surface area contributed by atoms with E-state index in [4.69, 9.17) is 16.3 Å². The Labute approximate surface area is 109 Å². The normalized spacial score (nSPS) is 10.2. The second kappa shape index (κ2) is 5.18. The Morgan fingerprint density at radius 3 is 2.78 bits per heavy atom. The largest absolute Gasteiger partial charge is 0.481 e. The van der Waals surface area contributed by atoms with E-state index >= 15 is 0 Å². The fourth-order valence-corrected chi connectivity index (χ4v) is 1.66. The van der Waals surface area contributed by atoms with Gasteiger partial charge in [-0.25, -0.2) is 14.4 Å². The van der Waals surface area contributed by atoms with Crippen molar-refractivity contribution in [1.29, 1.82) is 0 Å². The zero-order chi connectivity index (χ0) is 13.1. The summed E-state index contributed by atoms with van der Waals surface area (Å²) in [5, 5.41) is 3.09. The highest BCUT2D eigenvalue weighted by Gasteiger charge is 2.08. The summed E-state index contributed by atoms with van der Waals surface area (Å²) >= 11 is 5.71. The predicted molar refractivity (Wildman–Crippen MR) is 68.0 cm³/mol. The van der Waals surface area contributed by atoms with Crippen LogP contribution in [0.5, 0.6) is 5.88 Å². The van der Waals surface area contributed by atoms with E-state index in [0.717, 1.165) is 5.56 Å². The van der Waals surface area contributed by atoms with Crippen molar-refractivity contribution in [3.8, 4) is 5.88 Å². The first-order valence-corrected chi connectivity index (χ1v) is 5.57. The molecule has 4 nitrogen and oxygen atoms in total. The highest BCUT2D eigenvalue weighted by Crippen LogP contribution is 2.25. The molecule has 0 aliphatic carbocycles. The molecule has 0 unspecified atom stereocenters. The number of halogens is 2. The number of nitrogens with one attached hydrogen (secondary N) is 1. The fraction of sp³-hybridized carbons (Fsp3) is 0.167. The molecule has 0 amide bonds. The van der Waals surface area contributed by atoms with Crippen LogP contribution in [0, 0.1) is 12.7 Å². The summed E-state index contributed by atoms with van der Waals surface area (Å²) in [6.45, 7) is 1.83. The number of nitrogens with zero attached hydrogens (tertiary/aromatic N) is 2. The number of hydrogen-bond donors (Lipinski definition) is 1. The van der Waals surface area contributed by atoms with Crippen LogP contribution in [-0.2, 0) is 0 Å². The summed E-state index contributed by atoms with van der Waals surface area (Å²) < 4.78 is 18.1. The smallest absolute Gasteiger partial charge is 0.221 e. The number of methoxy groups -OCH3 is 1. The molecular formula is C12H11ClFN3O. The summed E-state index contributed by atoms with van der Waals surface area (Å²) in [4.78, 5) is 8.07. The molecule has 0 bridgehead atoms. The molecule has 2 aromatic rings. The summed E-state index contributed by atoms with van der Waals surface area (Å²) in [6.07, 6.45) is 1.39. The molecule has 0 atom stereocenters. The summed E-state index contributed by atoms with van der Waals surface area (Å²) in [6, 6.07) is 4.36. The van der Waals surface area contributed by atoms with Gasteiger partial charge in [0, 0.05) is 5.69 Å². The fourth-order valence-electron chi connectivity index (χ4n) is 1.48. The highest BCUT2D eigenvalue weighted by atomic mass is 35.5. The minimum absolute atomic E-state index is 0.0543. The highest BCUT2D eigenvalue weighted by molar-refractivity contribution is 6.31. The van der Waals surface area contributed by atoms with E-state index in [0.29, 0.717) is 17.4 Å². The van der Waals surface area contributed by atoms with Gasteiger partial charge in [-0.05, 0) is 25.1 Å². The van der Waals surface area contributed by atoms with Crippen LogP contribution < -0.4 is 10.1 Å². The van der Waals surface area contributed by atoms with Crippen molar-refractivity contribution in [1.82, 2.24) is 9.97 Å². The number of hydrogen-bond acceptors (Lipinski definition) is 4. The van der Waals surface area contributed by atoms with Gasteiger partial charge in [0.1, 0.15) is 18.0 Å². The Hall–Kier alpha value is -1.88. The number of rotatable bonds is 3. The number of anilines is 2. The topological polar surface area (TPSA) is 47.0 Å². The van der Waals surface area contributed by atoms with Crippen molar-refractivity contribution in [2.24, 2.45) is 0 Å². The van der Waals surface area contributed by atoms with E-state index in [9.17, 15) is 4.39 Å². The van der Waals surface area contributed by atoms with Crippen molar-refractivity contribution in [3.63, 3.8) is 0 Å². The first-order chi connectivity index (χ1) is 8.61. The van der Waals surface area contributed by atoms with E-state index in [1.165, 1.54) is 25.6 Å². The average Bonchev–Trinajstić information content (AvgIpc) is 2.36. The van der Waals surface area contributed by atoms with Gasteiger partial charge in [-0.3, -0.25) is 0 Å². The lowest BCUT2D eigenvalue weighted by Crippen LogP contribution is -2.00. The molecule has 0 radical (unpaired) electrons. The Balaban J connectivity index is 2.31. The van der Waals surface area contributed by atoms with Crippen LogP contribution in [0.25, 0.3) is 0 Å². The van der Waals surface area contributed by atoms with Crippen LogP contribution in [-0.4, -0.2) is 17.1 Å². The average molecular weight is 268 g/mol. The van der Waals surface area contributed by atoms with E-state index in [-0.39, 0.29) is 5.02 Å². The number of ether oxygens (including phenoxy) is 1. The van der Waals surface area contributed by atoms with Crippen LogP contribution in [0.1, 0.15) is 5.56 Å². The van der Waals surface area contributed by atoms with Crippen LogP contribution in [0.3, 0.4) is 0 Å². The van der Waals surface area contributed by atoms with Gasteiger partial charge in [-0.1, -0.05) is 11.6 Å². The second-order valence-corrected chi connectivity index (χ2v) is 4.02. The molecule has 94 valence electrons. The quantitative estimate of drug-likeness (QED) is 0.927. The Morgan fingerprint density at radius 1 is 1.33 bits per heavy atom.